The summed E-state index contributed by atoms with van der Waals surface area (Å²) in [5.74, 6) is -0.407. The molecule has 1 aliphatic rings. The highest BCUT2D eigenvalue weighted by Gasteiger charge is 2.29. The molecular formula is C18H19ClN2O2. The molecule has 23 heavy (non-hydrogen) atoms. The molecule has 1 heterocycles. The van der Waals surface area contributed by atoms with Crippen molar-refractivity contribution in [2.24, 2.45) is 5.73 Å². The predicted molar refractivity (Wildman–Crippen MR) is 90.3 cm³/mol. The molecule has 0 unspecified atom stereocenters. The Morgan fingerprint density at radius 1 is 1.26 bits per heavy atom. The molecule has 0 bridgehead atoms. The van der Waals surface area contributed by atoms with Crippen LogP contribution in [-0.4, -0.2) is 18.6 Å². The van der Waals surface area contributed by atoms with Crippen LogP contribution in [-0.2, 0) is 11.3 Å². The number of nitrogens with two attached hydrogens (primary N) is 1. The van der Waals surface area contributed by atoms with Crippen molar-refractivity contribution in [3.8, 4) is 0 Å². The summed E-state index contributed by atoms with van der Waals surface area (Å²) in [4.78, 5) is 11.2. The molecule has 3 N–H and O–H groups in total. The van der Waals surface area contributed by atoms with Gasteiger partial charge >= 0.3 is 0 Å². The molecule has 2 aromatic carbocycles. The van der Waals surface area contributed by atoms with E-state index in [-0.39, 0.29) is 12.1 Å². The maximum Gasteiger partial charge on any atom is 0.248 e. The van der Waals surface area contributed by atoms with Crippen molar-refractivity contribution in [1.29, 1.82) is 0 Å². The highest BCUT2D eigenvalue weighted by atomic mass is 35.5. The standard InChI is InChI=1S/C18H19ClN2O2/c19-15-6-4-13(5-7-15)17-16(8-9-23-17)21-11-12-2-1-3-14(10-12)18(20)22/h1-7,10,16-17,21H,8-9,11H2,(H2,20,22)/t16-,17-/m1/s1. The van der Waals surface area contributed by atoms with E-state index >= 15 is 0 Å². The predicted octanol–water partition coefficient (Wildman–Crippen LogP) is 3.06. The first kappa shape index (κ1) is 16.0. The second-order valence-corrected chi connectivity index (χ2v) is 6.12. The first-order chi connectivity index (χ1) is 11.1. The lowest BCUT2D eigenvalue weighted by Gasteiger charge is -2.20. The molecule has 0 spiro atoms. The molecular weight excluding hydrogens is 312 g/mol. The van der Waals surface area contributed by atoms with E-state index in [0.29, 0.717) is 12.1 Å². The number of halogens is 1. The molecule has 1 saturated heterocycles. The van der Waals surface area contributed by atoms with Crippen LogP contribution in [0.4, 0.5) is 0 Å². The van der Waals surface area contributed by atoms with E-state index < -0.39 is 5.91 Å². The normalized spacial score (nSPS) is 20.6. The Morgan fingerprint density at radius 2 is 2.04 bits per heavy atom. The van der Waals surface area contributed by atoms with Crippen LogP contribution >= 0.6 is 11.6 Å². The lowest BCUT2D eigenvalue weighted by atomic mass is 10.0. The molecule has 5 heteroatoms. The fourth-order valence-electron chi connectivity index (χ4n) is 2.86. The van der Waals surface area contributed by atoms with Crippen LogP contribution in [0.15, 0.2) is 48.5 Å². The quantitative estimate of drug-likeness (QED) is 0.885. The Balaban J connectivity index is 1.66. The van der Waals surface area contributed by atoms with Gasteiger partial charge in [-0.1, -0.05) is 35.9 Å². The lowest BCUT2D eigenvalue weighted by molar-refractivity contribution is 0.0983. The van der Waals surface area contributed by atoms with Crippen molar-refractivity contribution < 1.29 is 9.53 Å². The van der Waals surface area contributed by atoms with Crippen LogP contribution < -0.4 is 11.1 Å². The highest BCUT2D eigenvalue weighted by Crippen LogP contribution is 2.30. The Labute approximate surface area is 140 Å². The summed E-state index contributed by atoms with van der Waals surface area (Å²) >= 11 is 5.94. The van der Waals surface area contributed by atoms with Crippen LogP contribution in [0.5, 0.6) is 0 Å². The Bertz CT molecular complexity index is 688. The van der Waals surface area contributed by atoms with Crippen LogP contribution in [0.25, 0.3) is 0 Å². The van der Waals surface area contributed by atoms with Crippen molar-refractivity contribution in [2.45, 2.75) is 25.1 Å². The number of rotatable bonds is 5. The maximum absolute atomic E-state index is 11.2. The maximum atomic E-state index is 11.2. The van der Waals surface area contributed by atoms with Gasteiger partial charge in [0.1, 0.15) is 0 Å². The van der Waals surface area contributed by atoms with Gasteiger partial charge < -0.3 is 15.8 Å². The van der Waals surface area contributed by atoms with Gasteiger partial charge in [-0.05, 0) is 41.8 Å². The number of nitrogens with one attached hydrogen (secondary N) is 1. The summed E-state index contributed by atoms with van der Waals surface area (Å²) in [5, 5.41) is 4.24. The summed E-state index contributed by atoms with van der Waals surface area (Å²) in [6.45, 7) is 1.39. The lowest BCUT2D eigenvalue weighted by Crippen LogP contribution is -2.31. The van der Waals surface area contributed by atoms with E-state index in [1.807, 2.05) is 42.5 Å². The first-order valence-electron chi connectivity index (χ1n) is 7.62. The number of carbonyl (C=O) groups excluding carboxylic acids is 1. The van der Waals surface area contributed by atoms with Crippen molar-refractivity contribution in [3.05, 3.63) is 70.2 Å². The summed E-state index contributed by atoms with van der Waals surface area (Å²) in [6.07, 6.45) is 0.967. The van der Waals surface area contributed by atoms with E-state index in [9.17, 15) is 4.79 Å². The van der Waals surface area contributed by atoms with Crippen LogP contribution in [0, 0.1) is 0 Å². The molecule has 0 aliphatic carbocycles. The van der Waals surface area contributed by atoms with Crippen LogP contribution in [0.2, 0.25) is 5.02 Å². The van der Waals surface area contributed by atoms with Gasteiger partial charge in [0.15, 0.2) is 0 Å². The third kappa shape index (κ3) is 3.91. The topological polar surface area (TPSA) is 64.4 Å². The number of primary amides is 1. The van der Waals surface area contributed by atoms with E-state index in [2.05, 4.69) is 5.32 Å². The van der Waals surface area contributed by atoms with Crippen molar-refractivity contribution in [2.75, 3.05) is 6.61 Å². The number of amides is 1. The zero-order chi connectivity index (χ0) is 16.2. The number of benzene rings is 2. The molecule has 0 radical (unpaired) electrons. The molecule has 1 aliphatic heterocycles. The zero-order valence-corrected chi connectivity index (χ0v) is 13.4. The van der Waals surface area contributed by atoms with E-state index in [4.69, 9.17) is 22.1 Å². The molecule has 2 atom stereocenters. The third-order valence-electron chi connectivity index (χ3n) is 4.07. The van der Waals surface area contributed by atoms with Gasteiger partial charge in [-0.2, -0.15) is 0 Å². The molecule has 0 saturated carbocycles. The second kappa shape index (κ2) is 7.13. The van der Waals surface area contributed by atoms with Crippen molar-refractivity contribution in [1.82, 2.24) is 5.32 Å². The fraction of sp³-hybridized carbons (Fsp3) is 0.278. The van der Waals surface area contributed by atoms with E-state index in [0.717, 1.165) is 29.2 Å². The molecule has 1 fully saturated rings. The van der Waals surface area contributed by atoms with Crippen molar-refractivity contribution in [3.63, 3.8) is 0 Å². The van der Waals surface area contributed by atoms with Gasteiger partial charge in [0.05, 0.1) is 6.10 Å². The van der Waals surface area contributed by atoms with Gasteiger partial charge in [0.2, 0.25) is 5.91 Å². The zero-order valence-electron chi connectivity index (χ0n) is 12.7. The fourth-order valence-corrected chi connectivity index (χ4v) is 2.99. The van der Waals surface area contributed by atoms with E-state index in [1.165, 1.54) is 0 Å². The minimum Gasteiger partial charge on any atom is -0.372 e. The summed E-state index contributed by atoms with van der Waals surface area (Å²) in [7, 11) is 0. The largest absolute Gasteiger partial charge is 0.372 e. The van der Waals surface area contributed by atoms with Gasteiger partial charge in [0, 0.05) is 29.8 Å². The van der Waals surface area contributed by atoms with Gasteiger partial charge in [-0.25, -0.2) is 0 Å². The van der Waals surface area contributed by atoms with Gasteiger partial charge in [-0.15, -0.1) is 0 Å². The van der Waals surface area contributed by atoms with Crippen LogP contribution in [0.1, 0.15) is 34.0 Å². The molecule has 4 nitrogen and oxygen atoms in total. The minimum atomic E-state index is -0.407. The monoisotopic (exact) mass is 330 g/mol. The summed E-state index contributed by atoms with van der Waals surface area (Å²) in [6, 6.07) is 15.4. The molecule has 3 rings (SSSR count). The summed E-state index contributed by atoms with van der Waals surface area (Å²) < 4.78 is 5.86. The highest BCUT2D eigenvalue weighted by molar-refractivity contribution is 6.30. The average molecular weight is 331 g/mol. The molecule has 2 aromatic rings. The van der Waals surface area contributed by atoms with Gasteiger partial charge in [0.25, 0.3) is 0 Å². The second-order valence-electron chi connectivity index (χ2n) is 5.68. The third-order valence-corrected chi connectivity index (χ3v) is 4.32. The number of ether oxygens (including phenoxy) is 1. The van der Waals surface area contributed by atoms with Crippen LogP contribution in [0.3, 0.4) is 0 Å². The van der Waals surface area contributed by atoms with E-state index in [1.54, 1.807) is 6.07 Å². The number of hydrogen-bond donors (Lipinski definition) is 2. The smallest absolute Gasteiger partial charge is 0.248 e. The number of hydrogen-bond acceptors (Lipinski definition) is 3. The Hall–Kier alpha value is -1.88. The SMILES string of the molecule is NC(=O)c1cccc(CN[C@@H]2CCO[C@@H]2c2ccc(Cl)cc2)c1. The first-order valence-corrected chi connectivity index (χ1v) is 8.00. The molecule has 0 aromatic heterocycles. The Morgan fingerprint density at radius 3 is 2.78 bits per heavy atom. The van der Waals surface area contributed by atoms with Gasteiger partial charge in [-0.3, -0.25) is 4.79 Å². The minimum absolute atomic E-state index is 0.0200. The molecule has 1 amide bonds. The average Bonchev–Trinajstić information content (AvgIpc) is 3.02. The summed E-state index contributed by atoms with van der Waals surface area (Å²) in [5.41, 5.74) is 8.00. The number of carbonyl (C=O) groups is 1. The van der Waals surface area contributed by atoms with Crippen molar-refractivity contribution >= 4 is 17.5 Å². The Kier molecular flexibility index (Phi) is 4.96. The molecule has 120 valence electrons.